The highest BCUT2D eigenvalue weighted by Crippen LogP contribution is 2.36. The van der Waals surface area contributed by atoms with Crippen molar-refractivity contribution >= 4 is 0 Å². The lowest BCUT2D eigenvalue weighted by Gasteiger charge is -2.38. The number of rotatable bonds is 5. The monoisotopic (exact) mass is 292 g/mol. The molecule has 1 unspecified atom stereocenters. The summed E-state index contributed by atoms with van der Waals surface area (Å²) in [5, 5.41) is 3.60. The minimum atomic E-state index is -0.126. The first-order valence-electron chi connectivity index (χ1n) is 8.07. The molecule has 21 heavy (non-hydrogen) atoms. The number of nitrogens with one attached hydrogen (secondary N) is 1. The van der Waals surface area contributed by atoms with Crippen LogP contribution in [0.1, 0.15) is 31.2 Å². The summed E-state index contributed by atoms with van der Waals surface area (Å²) in [6.45, 7) is 7.16. The van der Waals surface area contributed by atoms with E-state index in [1.165, 1.54) is 6.07 Å². The van der Waals surface area contributed by atoms with Gasteiger partial charge in [0.1, 0.15) is 5.82 Å². The molecule has 0 bridgehead atoms. The molecule has 1 saturated heterocycles. The van der Waals surface area contributed by atoms with Crippen LogP contribution in [0.25, 0.3) is 0 Å². The number of nitrogens with zero attached hydrogens (tertiary/aromatic N) is 1. The number of hydrogen-bond acceptors (Lipinski definition) is 3. The summed E-state index contributed by atoms with van der Waals surface area (Å²) in [5.41, 5.74) is 1.14. The van der Waals surface area contributed by atoms with E-state index < -0.39 is 0 Å². The second-order valence-electron chi connectivity index (χ2n) is 6.21. The molecular weight excluding hydrogens is 267 g/mol. The fourth-order valence-electron chi connectivity index (χ4n) is 3.31. The first-order valence-corrected chi connectivity index (χ1v) is 8.07. The van der Waals surface area contributed by atoms with Gasteiger partial charge in [0, 0.05) is 25.7 Å². The SMILES string of the molecule is CCN1CCOC(CNC2CC(c3cccc(F)c3)C2)C1. The van der Waals surface area contributed by atoms with Gasteiger partial charge in [0.05, 0.1) is 12.7 Å². The number of halogens is 1. The van der Waals surface area contributed by atoms with Gasteiger partial charge in [-0.05, 0) is 43.0 Å². The Morgan fingerprint density at radius 2 is 2.24 bits per heavy atom. The molecule has 0 radical (unpaired) electrons. The van der Waals surface area contributed by atoms with Gasteiger partial charge in [0.2, 0.25) is 0 Å². The molecule has 2 aliphatic rings. The summed E-state index contributed by atoms with van der Waals surface area (Å²) in [6.07, 6.45) is 2.52. The summed E-state index contributed by atoms with van der Waals surface area (Å²) in [7, 11) is 0. The van der Waals surface area contributed by atoms with E-state index in [0.717, 1.165) is 51.2 Å². The molecule has 0 spiro atoms. The molecule has 1 aliphatic carbocycles. The molecular formula is C17H25FN2O. The Labute approximate surface area is 126 Å². The number of morpholine rings is 1. The van der Waals surface area contributed by atoms with Gasteiger partial charge in [-0.1, -0.05) is 19.1 Å². The molecule has 1 atom stereocenters. The van der Waals surface area contributed by atoms with Gasteiger partial charge >= 0.3 is 0 Å². The molecule has 1 aromatic carbocycles. The van der Waals surface area contributed by atoms with E-state index in [2.05, 4.69) is 17.1 Å². The third-order valence-electron chi connectivity index (χ3n) is 4.76. The van der Waals surface area contributed by atoms with E-state index in [0.29, 0.717) is 18.1 Å². The maximum Gasteiger partial charge on any atom is 0.123 e. The molecule has 3 nitrogen and oxygen atoms in total. The number of benzene rings is 1. The normalized spacial score (nSPS) is 30.1. The molecule has 1 aliphatic heterocycles. The maximum atomic E-state index is 13.2. The van der Waals surface area contributed by atoms with Crippen molar-refractivity contribution in [2.75, 3.05) is 32.8 Å². The number of likely N-dealkylation sites (N-methyl/N-ethyl adjacent to an activating group) is 1. The van der Waals surface area contributed by atoms with Crippen LogP contribution in [0, 0.1) is 5.82 Å². The van der Waals surface area contributed by atoms with Crippen molar-refractivity contribution in [3.8, 4) is 0 Å². The van der Waals surface area contributed by atoms with Crippen molar-refractivity contribution in [3.63, 3.8) is 0 Å². The second kappa shape index (κ2) is 6.86. The van der Waals surface area contributed by atoms with Crippen LogP contribution in [0.2, 0.25) is 0 Å². The van der Waals surface area contributed by atoms with E-state index in [1.807, 2.05) is 6.07 Å². The number of ether oxygens (including phenoxy) is 1. The standard InChI is InChI=1S/C17H25FN2O/c1-2-20-6-7-21-17(12-20)11-19-16-9-14(10-16)13-4-3-5-15(18)8-13/h3-5,8,14,16-17,19H,2,6-7,9-12H2,1H3. The molecule has 1 saturated carbocycles. The summed E-state index contributed by atoms with van der Waals surface area (Å²) in [4.78, 5) is 2.44. The third-order valence-corrected chi connectivity index (χ3v) is 4.76. The Kier molecular flexibility index (Phi) is 4.88. The largest absolute Gasteiger partial charge is 0.374 e. The van der Waals surface area contributed by atoms with E-state index in [4.69, 9.17) is 4.74 Å². The lowest BCUT2D eigenvalue weighted by molar-refractivity contribution is -0.0276. The van der Waals surface area contributed by atoms with Crippen molar-refractivity contribution in [2.24, 2.45) is 0 Å². The molecule has 1 aromatic rings. The van der Waals surface area contributed by atoms with Crippen LogP contribution in [-0.2, 0) is 4.74 Å². The molecule has 116 valence electrons. The minimum absolute atomic E-state index is 0.126. The van der Waals surface area contributed by atoms with Gasteiger partial charge in [-0.2, -0.15) is 0 Å². The molecule has 0 amide bonds. The lowest BCUT2D eigenvalue weighted by Crippen LogP contribution is -2.50. The fraction of sp³-hybridized carbons (Fsp3) is 0.647. The lowest BCUT2D eigenvalue weighted by atomic mass is 9.76. The Bertz CT molecular complexity index is 462. The summed E-state index contributed by atoms with van der Waals surface area (Å²) in [5.74, 6) is 0.386. The van der Waals surface area contributed by atoms with E-state index in [-0.39, 0.29) is 5.82 Å². The molecule has 1 N–H and O–H groups in total. The maximum absolute atomic E-state index is 13.2. The minimum Gasteiger partial charge on any atom is -0.374 e. The first kappa shape index (κ1) is 14.9. The molecule has 2 fully saturated rings. The van der Waals surface area contributed by atoms with Crippen molar-refractivity contribution in [1.82, 2.24) is 10.2 Å². The van der Waals surface area contributed by atoms with E-state index >= 15 is 0 Å². The highest BCUT2D eigenvalue weighted by atomic mass is 19.1. The molecule has 0 aromatic heterocycles. The Morgan fingerprint density at radius 3 is 3.00 bits per heavy atom. The van der Waals surface area contributed by atoms with Crippen molar-refractivity contribution in [2.45, 2.75) is 37.8 Å². The van der Waals surface area contributed by atoms with Gasteiger partial charge in [-0.15, -0.1) is 0 Å². The zero-order valence-corrected chi connectivity index (χ0v) is 12.7. The van der Waals surface area contributed by atoms with Gasteiger partial charge in [-0.25, -0.2) is 4.39 Å². The van der Waals surface area contributed by atoms with Crippen LogP contribution in [0.15, 0.2) is 24.3 Å². The second-order valence-corrected chi connectivity index (χ2v) is 6.21. The van der Waals surface area contributed by atoms with Crippen LogP contribution >= 0.6 is 0 Å². The first-order chi connectivity index (χ1) is 10.2. The topological polar surface area (TPSA) is 24.5 Å². The Hall–Kier alpha value is -0.970. The summed E-state index contributed by atoms with van der Waals surface area (Å²) >= 11 is 0. The molecule has 1 heterocycles. The Balaban J connectivity index is 1.39. The predicted molar refractivity (Wildman–Crippen MR) is 82.0 cm³/mol. The quantitative estimate of drug-likeness (QED) is 0.902. The van der Waals surface area contributed by atoms with Crippen molar-refractivity contribution in [1.29, 1.82) is 0 Å². The van der Waals surface area contributed by atoms with Gasteiger partial charge in [0.15, 0.2) is 0 Å². The van der Waals surface area contributed by atoms with E-state index in [9.17, 15) is 4.39 Å². The van der Waals surface area contributed by atoms with Crippen LogP contribution in [0.4, 0.5) is 4.39 Å². The summed E-state index contributed by atoms with van der Waals surface area (Å²) < 4.78 is 19.0. The van der Waals surface area contributed by atoms with Gasteiger partial charge < -0.3 is 10.1 Å². The van der Waals surface area contributed by atoms with Crippen LogP contribution in [-0.4, -0.2) is 49.8 Å². The van der Waals surface area contributed by atoms with Crippen LogP contribution in [0.5, 0.6) is 0 Å². The Morgan fingerprint density at radius 1 is 1.38 bits per heavy atom. The van der Waals surface area contributed by atoms with Crippen molar-refractivity contribution in [3.05, 3.63) is 35.6 Å². The zero-order valence-electron chi connectivity index (χ0n) is 12.7. The average Bonchev–Trinajstić information content (AvgIpc) is 2.46. The van der Waals surface area contributed by atoms with Crippen LogP contribution in [0.3, 0.4) is 0 Å². The highest BCUT2D eigenvalue weighted by molar-refractivity contribution is 5.23. The molecule has 4 heteroatoms. The van der Waals surface area contributed by atoms with Gasteiger partial charge in [0.25, 0.3) is 0 Å². The zero-order chi connectivity index (χ0) is 14.7. The molecule has 3 rings (SSSR count). The highest BCUT2D eigenvalue weighted by Gasteiger charge is 2.31. The predicted octanol–water partition coefficient (Wildman–Crippen LogP) is 2.38. The van der Waals surface area contributed by atoms with Crippen LogP contribution < -0.4 is 5.32 Å². The third kappa shape index (κ3) is 3.82. The van der Waals surface area contributed by atoms with Crippen molar-refractivity contribution < 1.29 is 9.13 Å². The number of hydrogen-bond donors (Lipinski definition) is 1. The average molecular weight is 292 g/mol. The van der Waals surface area contributed by atoms with Gasteiger partial charge in [-0.3, -0.25) is 4.90 Å². The van der Waals surface area contributed by atoms with E-state index in [1.54, 1.807) is 12.1 Å². The fourth-order valence-corrected chi connectivity index (χ4v) is 3.31. The summed E-state index contributed by atoms with van der Waals surface area (Å²) in [6, 6.07) is 7.58. The smallest absolute Gasteiger partial charge is 0.123 e.